The summed E-state index contributed by atoms with van der Waals surface area (Å²) in [6, 6.07) is 0. The van der Waals surface area contributed by atoms with Crippen LogP contribution in [0.4, 0.5) is 0 Å². The van der Waals surface area contributed by atoms with E-state index in [2.05, 4.69) is 24.1 Å². The molecule has 0 spiro atoms. The first kappa shape index (κ1) is 38.3. The van der Waals surface area contributed by atoms with E-state index in [0.717, 1.165) is 58.2 Å². The highest BCUT2D eigenvalue weighted by molar-refractivity contribution is 5.69. The van der Waals surface area contributed by atoms with Gasteiger partial charge in [0.25, 0.3) is 0 Å². The Morgan fingerprint density at radius 1 is 0.718 bits per heavy atom. The molecule has 0 amide bonds. The molecule has 0 aliphatic heterocycles. The van der Waals surface area contributed by atoms with Crippen LogP contribution in [0.25, 0.3) is 0 Å². The fourth-order valence-electron chi connectivity index (χ4n) is 5.01. The van der Waals surface area contributed by atoms with Crippen molar-refractivity contribution in [3.05, 3.63) is 0 Å². The first-order valence-electron chi connectivity index (χ1n) is 16.9. The molecule has 0 fully saturated rings. The molecule has 39 heavy (non-hydrogen) atoms. The number of rotatable bonds is 30. The second kappa shape index (κ2) is 28.8. The molecule has 0 heterocycles. The number of aliphatic hydroxyl groups excluding tert-OH is 2. The van der Waals surface area contributed by atoms with Crippen LogP contribution in [-0.4, -0.2) is 72.6 Å². The largest absolute Gasteiger partial charge is 0.465 e. The maximum atomic E-state index is 12.4. The molecule has 0 aliphatic rings. The van der Waals surface area contributed by atoms with Crippen LogP contribution in [-0.2, 0) is 9.53 Å². The van der Waals surface area contributed by atoms with Crippen molar-refractivity contribution in [3.63, 3.8) is 0 Å². The van der Waals surface area contributed by atoms with Gasteiger partial charge in [-0.1, -0.05) is 98.3 Å². The number of aliphatic hydroxyl groups is 2. The molecule has 234 valence electrons. The van der Waals surface area contributed by atoms with E-state index in [4.69, 9.17) is 4.74 Å². The number of nitrogens with zero attached hydrogens (tertiary/aromatic N) is 1. The molecule has 0 saturated heterocycles. The lowest BCUT2D eigenvalue weighted by Crippen LogP contribution is -2.35. The Kier molecular flexibility index (Phi) is 28.3. The second-order valence-corrected chi connectivity index (χ2v) is 11.7. The van der Waals surface area contributed by atoms with Crippen LogP contribution in [0.15, 0.2) is 0 Å². The smallest absolute Gasteiger partial charge is 0.305 e. The van der Waals surface area contributed by atoms with Crippen molar-refractivity contribution in [3.8, 4) is 0 Å². The van der Waals surface area contributed by atoms with Gasteiger partial charge in [0, 0.05) is 19.5 Å². The summed E-state index contributed by atoms with van der Waals surface area (Å²) >= 11 is 0. The maximum Gasteiger partial charge on any atom is 0.305 e. The van der Waals surface area contributed by atoms with Crippen molar-refractivity contribution >= 4 is 5.97 Å². The summed E-state index contributed by atoms with van der Waals surface area (Å²) < 4.78 is 5.75. The van der Waals surface area contributed by atoms with Gasteiger partial charge in [0.05, 0.1) is 18.8 Å². The molecular formula is C33H68N2O4. The molecular weight excluding hydrogens is 488 g/mol. The molecule has 3 N–H and O–H groups in total. The highest BCUT2D eigenvalue weighted by atomic mass is 16.5. The first-order chi connectivity index (χ1) is 19.0. The zero-order valence-corrected chi connectivity index (χ0v) is 26.6. The molecule has 0 radical (unpaired) electrons. The van der Waals surface area contributed by atoms with Gasteiger partial charge in [-0.25, -0.2) is 0 Å². The predicted molar refractivity (Wildman–Crippen MR) is 166 cm³/mol. The van der Waals surface area contributed by atoms with Crippen LogP contribution >= 0.6 is 0 Å². The van der Waals surface area contributed by atoms with Crippen LogP contribution in [0.1, 0.15) is 150 Å². The molecule has 0 saturated carbocycles. The summed E-state index contributed by atoms with van der Waals surface area (Å²) in [6.45, 7) is 13.2. The van der Waals surface area contributed by atoms with E-state index in [1.165, 1.54) is 77.0 Å². The number of carbonyl (C=O) groups is 1. The van der Waals surface area contributed by atoms with E-state index in [0.29, 0.717) is 32.0 Å². The average molecular weight is 557 g/mol. The summed E-state index contributed by atoms with van der Waals surface area (Å²) in [5.74, 6) is 0.491. The molecule has 0 aromatic carbocycles. The number of unbranched alkanes of at least 4 members (excludes halogenated alkanes) is 10. The molecule has 6 heteroatoms. The topological polar surface area (TPSA) is 82.0 Å². The summed E-state index contributed by atoms with van der Waals surface area (Å²) in [5, 5.41) is 23.1. The normalized spacial score (nSPS) is 14.0. The Morgan fingerprint density at radius 2 is 1.28 bits per heavy atom. The van der Waals surface area contributed by atoms with Gasteiger partial charge in [-0.3, -0.25) is 4.79 Å². The molecule has 0 aromatic heterocycles. The van der Waals surface area contributed by atoms with Crippen LogP contribution in [0.2, 0.25) is 0 Å². The number of esters is 1. The highest BCUT2D eigenvalue weighted by Gasteiger charge is 2.13. The SMILES string of the molecule is CCCCCCCCC(CCCCCC)COC(=O)CCCCCN(CCCNCC(O)CC)CC(O)CC. The first-order valence-corrected chi connectivity index (χ1v) is 16.9. The molecule has 3 atom stereocenters. The monoisotopic (exact) mass is 557 g/mol. The van der Waals surface area contributed by atoms with E-state index in [9.17, 15) is 15.0 Å². The minimum Gasteiger partial charge on any atom is -0.465 e. The number of ether oxygens (including phenoxy) is 1. The lowest BCUT2D eigenvalue weighted by atomic mass is 9.95. The fourth-order valence-corrected chi connectivity index (χ4v) is 5.01. The van der Waals surface area contributed by atoms with Crippen molar-refractivity contribution in [2.45, 2.75) is 162 Å². The minimum absolute atomic E-state index is 0.0323. The Labute approximate surface area is 243 Å². The zero-order valence-electron chi connectivity index (χ0n) is 26.6. The number of nitrogens with one attached hydrogen (secondary N) is 1. The van der Waals surface area contributed by atoms with Crippen LogP contribution in [0.5, 0.6) is 0 Å². The summed E-state index contributed by atoms with van der Waals surface area (Å²) in [7, 11) is 0. The van der Waals surface area contributed by atoms with E-state index in [-0.39, 0.29) is 18.2 Å². The number of hydrogen-bond donors (Lipinski definition) is 3. The zero-order chi connectivity index (χ0) is 29.0. The van der Waals surface area contributed by atoms with Gasteiger partial charge in [-0.15, -0.1) is 0 Å². The van der Waals surface area contributed by atoms with Crippen molar-refractivity contribution in [1.82, 2.24) is 10.2 Å². The Morgan fingerprint density at radius 3 is 1.92 bits per heavy atom. The molecule has 0 rings (SSSR count). The Hall–Kier alpha value is -0.690. The second-order valence-electron chi connectivity index (χ2n) is 11.7. The standard InChI is InChI=1S/C33H68N2O4/c1-5-9-11-13-14-17-22-30(21-16-12-10-6-2)29-39-33(38)23-18-15-19-25-35(28-32(37)8-4)26-20-24-34-27-31(36)7-3/h30-32,34,36-37H,5-29H2,1-4H3. The van der Waals surface area contributed by atoms with Crippen molar-refractivity contribution in [2.24, 2.45) is 5.92 Å². The lowest BCUT2D eigenvalue weighted by molar-refractivity contribution is -0.145. The van der Waals surface area contributed by atoms with Gasteiger partial charge in [-0.05, 0) is 70.5 Å². The summed E-state index contributed by atoms with van der Waals surface area (Å²) in [5.41, 5.74) is 0. The van der Waals surface area contributed by atoms with Gasteiger partial charge < -0.3 is 25.2 Å². The summed E-state index contributed by atoms with van der Waals surface area (Å²) in [4.78, 5) is 14.8. The quantitative estimate of drug-likeness (QED) is 0.0638. The van der Waals surface area contributed by atoms with E-state index in [1.54, 1.807) is 0 Å². The third-order valence-electron chi connectivity index (χ3n) is 7.89. The maximum absolute atomic E-state index is 12.4. The number of carbonyl (C=O) groups excluding carboxylic acids is 1. The third kappa shape index (κ3) is 26.0. The van der Waals surface area contributed by atoms with Gasteiger partial charge in [-0.2, -0.15) is 0 Å². The fraction of sp³-hybridized carbons (Fsp3) is 0.970. The Balaban J connectivity index is 4.21. The van der Waals surface area contributed by atoms with Crippen LogP contribution in [0.3, 0.4) is 0 Å². The van der Waals surface area contributed by atoms with Crippen LogP contribution < -0.4 is 5.32 Å². The Bertz CT molecular complexity index is 520. The number of hydrogen-bond acceptors (Lipinski definition) is 6. The van der Waals surface area contributed by atoms with Gasteiger partial charge >= 0.3 is 5.97 Å². The molecule has 0 bridgehead atoms. The molecule has 0 aromatic rings. The third-order valence-corrected chi connectivity index (χ3v) is 7.89. The lowest BCUT2D eigenvalue weighted by Gasteiger charge is -2.25. The summed E-state index contributed by atoms with van der Waals surface area (Å²) in [6.07, 6.45) is 20.8. The van der Waals surface area contributed by atoms with Crippen molar-refractivity contribution < 1.29 is 19.7 Å². The van der Waals surface area contributed by atoms with Crippen LogP contribution in [0, 0.1) is 5.92 Å². The van der Waals surface area contributed by atoms with E-state index in [1.807, 2.05) is 13.8 Å². The predicted octanol–water partition coefficient (Wildman–Crippen LogP) is 7.25. The van der Waals surface area contributed by atoms with Crippen molar-refractivity contribution in [1.29, 1.82) is 0 Å². The molecule has 6 nitrogen and oxygen atoms in total. The molecule has 3 unspecified atom stereocenters. The minimum atomic E-state index is -0.291. The van der Waals surface area contributed by atoms with Gasteiger partial charge in [0.15, 0.2) is 0 Å². The van der Waals surface area contributed by atoms with E-state index < -0.39 is 0 Å². The highest BCUT2D eigenvalue weighted by Crippen LogP contribution is 2.20. The average Bonchev–Trinajstić information content (AvgIpc) is 2.94. The van der Waals surface area contributed by atoms with Crippen molar-refractivity contribution in [2.75, 3.05) is 39.3 Å². The van der Waals surface area contributed by atoms with Gasteiger partial charge in [0.2, 0.25) is 0 Å². The van der Waals surface area contributed by atoms with E-state index >= 15 is 0 Å². The molecule has 0 aliphatic carbocycles. The van der Waals surface area contributed by atoms with Gasteiger partial charge in [0.1, 0.15) is 0 Å².